The van der Waals surface area contributed by atoms with Crippen molar-refractivity contribution in [2.75, 3.05) is 6.54 Å². The topological polar surface area (TPSA) is 64.9 Å². The van der Waals surface area contributed by atoms with Gasteiger partial charge in [-0.3, -0.25) is 0 Å². The average molecular weight is 235 g/mol. The highest BCUT2D eigenvalue weighted by molar-refractivity contribution is 5.54. The third kappa shape index (κ3) is 2.50. The first-order valence-electron chi connectivity index (χ1n) is 5.50. The molecule has 1 heterocycles. The van der Waals surface area contributed by atoms with Crippen molar-refractivity contribution in [1.29, 1.82) is 0 Å². The lowest BCUT2D eigenvalue weighted by Gasteiger charge is -2.00. The van der Waals surface area contributed by atoms with Gasteiger partial charge in [0.1, 0.15) is 5.82 Å². The van der Waals surface area contributed by atoms with E-state index in [9.17, 15) is 4.39 Å². The number of halogens is 1. The van der Waals surface area contributed by atoms with Gasteiger partial charge in [-0.25, -0.2) is 4.39 Å². The van der Waals surface area contributed by atoms with Crippen LogP contribution in [0.4, 0.5) is 4.39 Å². The summed E-state index contributed by atoms with van der Waals surface area (Å²) in [7, 11) is 0. The molecule has 5 heteroatoms. The Kier molecular flexibility index (Phi) is 3.49. The molecule has 0 unspecified atom stereocenters. The van der Waals surface area contributed by atoms with Crippen LogP contribution in [0.15, 0.2) is 22.6 Å². The van der Waals surface area contributed by atoms with Crippen molar-refractivity contribution in [1.82, 2.24) is 10.2 Å². The van der Waals surface area contributed by atoms with Gasteiger partial charge in [-0.1, -0.05) is 12.1 Å². The lowest BCUT2D eigenvalue weighted by molar-refractivity contribution is 0.495. The van der Waals surface area contributed by atoms with Crippen molar-refractivity contribution in [3.05, 3.63) is 35.5 Å². The Balaban J connectivity index is 2.27. The SMILES string of the molecule is Cc1cccc(-c2nnc(CCCN)o2)c1F. The molecule has 4 nitrogen and oxygen atoms in total. The van der Waals surface area contributed by atoms with Gasteiger partial charge in [-0.15, -0.1) is 10.2 Å². The molecule has 0 amide bonds. The minimum absolute atomic E-state index is 0.221. The smallest absolute Gasteiger partial charge is 0.250 e. The number of hydrogen-bond acceptors (Lipinski definition) is 4. The Bertz CT molecular complexity index is 510. The summed E-state index contributed by atoms with van der Waals surface area (Å²) in [5, 5.41) is 7.71. The van der Waals surface area contributed by atoms with E-state index in [2.05, 4.69) is 10.2 Å². The molecule has 2 rings (SSSR count). The van der Waals surface area contributed by atoms with Gasteiger partial charge in [0.2, 0.25) is 5.89 Å². The molecular weight excluding hydrogens is 221 g/mol. The monoisotopic (exact) mass is 235 g/mol. The Morgan fingerprint density at radius 3 is 2.94 bits per heavy atom. The summed E-state index contributed by atoms with van der Waals surface area (Å²) in [6.45, 7) is 2.26. The van der Waals surface area contributed by atoms with Crippen molar-refractivity contribution in [3.63, 3.8) is 0 Å². The Labute approximate surface area is 98.7 Å². The summed E-state index contributed by atoms with van der Waals surface area (Å²) >= 11 is 0. The first kappa shape index (κ1) is 11.7. The van der Waals surface area contributed by atoms with Crippen LogP contribution in [-0.2, 0) is 6.42 Å². The lowest BCUT2D eigenvalue weighted by Crippen LogP contribution is -2.00. The maximum absolute atomic E-state index is 13.8. The van der Waals surface area contributed by atoms with Crippen LogP contribution >= 0.6 is 0 Å². The maximum Gasteiger partial charge on any atom is 0.250 e. The molecule has 0 fully saturated rings. The standard InChI is InChI=1S/C12H14FN3O/c1-8-4-2-5-9(11(8)13)12-16-15-10(17-12)6-3-7-14/h2,4-5H,3,6-7,14H2,1H3. The van der Waals surface area contributed by atoms with Crippen LogP contribution in [0, 0.1) is 12.7 Å². The highest BCUT2D eigenvalue weighted by Crippen LogP contribution is 2.23. The quantitative estimate of drug-likeness (QED) is 0.881. The minimum atomic E-state index is -0.318. The summed E-state index contributed by atoms with van der Waals surface area (Å²) in [6, 6.07) is 5.09. The summed E-state index contributed by atoms with van der Waals surface area (Å²) in [5.74, 6) is 0.395. The molecular formula is C12H14FN3O. The number of aromatic nitrogens is 2. The van der Waals surface area contributed by atoms with Crippen LogP contribution in [0.5, 0.6) is 0 Å². The van der Waals surface area contributed by atoms with E-state index in [1.807, 2.05) is 0 Å². The second kappa shape index (κ2) is 5.05. The molecule has 90 valence electrons. The molecule has 0 aliphatic rings. The van der Waals surface area contributed by atoms with E-state index in [4.69, 9.17) is 10.2 Å². The Morgan fingerprint density at radius 1 is 1.35 bits per heavy atom. The first-order chi connectivity index (χ1) is 8.22. The molecule has 1 aromatic carbocycles. The predicted octanol–water partition coefficient (Wildman–Crippen LogP) is 2.08. The summed E-state index contributed by atoms with van der Waals surface area (Å²) in [6.07, 6.45) is 1.40. The van der Waals surface area contributed by atoms with Crippen molar-refractivity contribution < 1.29 is 8.81 Å². The van der Waals surface area contributed by atoms with Crippen LogP contribution in [0.25, 0.3) is 11.5 Å². The van der Waals surface area contributed by atoms with Crippen molar-refractivity contribution in [2.24, 2.45) is 5.73 Å². The maximum atomic E-state index is 13.8. The molecule has 0 saturated carbocycles. The molecule has 0 spiro atoms. The fraction of sp³-hybridized carbons (Fsp3) is 0.333. The van der Waals surface area contributed by atoms with Crippen LogP contribution < -0.4 is 5.73 Å². The third-order valence-corrected chi connectivity index (χ3v) is 2.48. The average Bonchev–Trinajstić information content (AvgIpc) is 2.78. The van der Waals surface area contributed by atoms with E-state index < -0.39 is 0 Å². The van der Waals surface area contributed by atoms with Crippen molar-refractivity contribution in [3.8, 4) is 11.5 Å². The summed E-state index contributed by atoms with van der Waals surface area (Å²) < 4.78 is 19.2. The van der Waals surface area contributed by atoms with Gasteiger partial charge < -0.3 is 10.2 Å². The van der Waals surface area contributed by atoms with E-state index in [1.165, 1.54) is 0 Å². The number of benzene rings is 1. The molecule has 0 atom stereocenters. The minimum Gasteiger partial charge on any atom is -0.421 e. The fourth-order valence-corrected chi connectivity index (χ4v) is 1.53. The second-order valence-electron chi connectivity index (χ2n) is 3.83. The highest BCUT2D eigenvalue weighted by atomic mass is 19.1. The first-order valence-corrected chi connectivity index (χ1v) is 5.50. The largest absolute Gasteiger partial charge is 0.421 e. The molecule has 2 N–H and O–H groups in total. The predicted molar refractivity (Wildman–Crippen MR) is 61.8 cm³/mol. The lowest BCUT2D eigenvalue weighted by atomic mass is 10.1. The third-order valence-electron chi connectivity index (χ3n) is 2.48. The number of nitrogens with two attached hydrogens (primary N) is 1. The number of aryl methyl sites for hydroxylation is 2. The molecule has 0 aliphatic heterocycles. The van der Waals surface area contributed by atoms with Crippen LogP contribution in [0.1, 0.15) is 17.9 Å². The molecule has 0 saturated heterocycles. The van der Waals surface area contributed by atoms with Crippen LogP contribution in [-0.4, -0.2) is 16.7 Å². The van der Waals surface area contributed by atoms with E-state index in [-0.39, 0.29) is 11.7 Å². The summed E-state index contributed by atoms with van der Waals surface area (Å²) in [5.41, 5.74) is 6.29. The van der Waals surface area contributed by atoms with Gasteiger partial charge in [0.05, 0.1) is 5.56 Å². The molecule has 2 aromatic rings. The van der Waals surface area contributed by atoms with Crippen molar-refractivity contribution in [2.45, 2.75) is 19.8 Å². The number of nitrogens with zero attached hydrogens (tertiary/aromatic N) is 2. The highest BCUT2D eigenvalue weighted by Gasteiger charge is 2.13. The molecule has 1 aromatic heterocycles. The normalized spacial score (nSPS) is 10.8. The molecule has 0 aliphatic carbocycles. The summed E-state index contributed by atoms with van der Waals surface area (Å²) in [4.78, 5) is 0. The van der Waals surface area contributed by atoms with Gasteiger partial charge in [0.25, 0.3) is 5.89 Å². The van der Waals surface area contributed by atoms with Gasteiger partial charge in [0, 0.05) is 6.42 Å². The van der Waals surface area contributed by atoms with Crippen LogP contribution in [0.2, 0.25) is 0 Å². The van der Waals surface area contributed by atoms with Gasteiger partial charge in [0.15, 0.2) is 0 Å². The van der Waals surface area contributed by atoms with Gasteiger partial charge in [-0.05, 0) is 31.5 Å². The van der Waals surface area contributed by atoms with Crippen LogP contribution in [0.3, 0.4) is 0 Å². The molecule has 0 bridgehead atoms. The Morgan fingerprint density at radius 2 is 2.18 bits per heavy atom. The van der Waals surface area contributed by atoms with E-state index >= 15 is 0 Å². The number of hydrogen-bond donors (Lipinski definition) is 1. The van der Waals surface area contributed by atoms with Gasteiger partial charge in [-0.2, -0.15) is 0 Å². The van der Waals surface area contributed by atoms with Crippen molar-refractivity contribution >= 4 is 0 Å². The van der Waals surface area contributed by atoms with E-state index in [1.54, 1.807) is 25.1 Å². The van der Waals surface area contributed by atoms with E-state index in [0.717, 1.165) is 6.42 Å². The zero-order valence-electron chi connectivity index (χ0n) is 9.61. The molecule has 0 radical (unpaired) electrons. The number of rotatable bonds is 4. The zero-order chi connectivity index (χ0) is 12.3. The van der Waals surface area contributed by atoms with Gasteiger partial charge >= 0.3 is 0 Å². The zero-order valence-corrected chi connectivity index (χ0v) is 9.61. The Hall–Kier alpha value is -1.75. The second-order valence-corrected chi connectivity index (χ2v) is 3.83. The molecule has 17 heavy (non-hydrogen) atoms. The van der Waals surface area contributed by atoms with E-state index in [0.29, 0.717) is 30.0 Å². The fourth-order valence-electron chi connectivity index (χ4n) is 1.53.